The Balaban J connectivity index is 1.60. The van der Waals surface area contributed by atoms with Crippen molar-refractivity contribution in [3.05, 3.63) is 78.4 Å². The van der Waals surface area contributed by atoms with Crippen molar-refractivity contribution in [3.8, 4) is 17.2 Å². The van der Waals surface area contributed by atoms with Gasteiger partial charge in [-0.3, -0.25) is 4.79 Å². The first kappa shape index (κ1) is 20.6. The van der Waals surface area contributed by atoms with E-state index in [0.717, 1.165) is 23.4 Å². The second kappa shape index (κ2) is 9.89. The lowest BCUT2D eigenvalue weighted by molar-refractivity contribution is -0.117. The molecular formula is C25H26N2O4. The summed E-state index contributed by atoms with van der Waals surface area (Å²) in [6.45, 7) is 3.67. The van der Waals surface area contributed by atoms with Crippen LogP contribution < -0.4 is 24.8 Å². The Bertz CT molecular complexity index is 1020. The Morgan fingerprint density at radius 2 is 1.71 bits per heavy atom. The molecule has 3 aromatic rings. The number of hydrogen-bond acceptors (Lipinski definition) is 5. The Morgan fingerprint density at radius 1 is 0.968 bits per heavy atom. The number of para-hydroxylation sites is 2. The smallest absolute Gasteiger partial charge is 0.251 e. The highest BCUT2D eigenvalue weighted by atomic mass is 16.5. The molecule has 1 aliphatic rings. The topological polar surface area (TPSA) is 68.8 Å². The van der Waals surface area contributed by atoms with E-state index in [2.05, 4.69) is 10.6 Å². The molecule has 1 heterocycles. The van der Waals surface area contributed by atoms with Crippen LogP contribution in [0.1, 0.15) is 24.9 Å². The van der Waals surface area contributed by atoms with Gasteiger partial charge >= 0.3 is 0 Å². The van der Waals surface area contributed by atoms with Crippen molar-refractivity contribution in [2.24, 2.45) is 0 Å². The maximum atomic E-state index is 13.3. The van der Waals surface area contributed by atoms with E-state index in [-0.39, 0.29) is 5.91 Å². The van der Waals surface area contributed by atoms with Gasteiger partial charge in [-0.2, -0.15) is 0 Å². The normalized spacial score (nSPS) is 13.6. The summed E-state index contributed by atoms with van der Waals surface area (Å²) in [6, 6.07) is 22.1. The monoisotopic (exact) mass is 418 g/mol. The number of benzene rings is 3. The maximum absolute atomic E-state index is 13.3. The molecule has 3 aromatic carbocycles. The van der Waals surface area contributed by atoms with E-state index in [0.29, 0.717) is 37.0 Å². The Hall–Kier alpha value is -3.67. The van der Waals surface area contributed by atoms with Crippen molar-refractivity contribution in [3.63, 3.8) is 0 Å². The summed E-state index contributed by atoms with van der Waals surface area (Å²) >= 11 is 0. The molecule has 0 fully saturated rings. The van der Waals surface area contributed by atoms with Crippen LogP contribution in [0, 0.1) is 0 Å². The number of ether oxygens (including phenoxy) is 3. The predicted molar refractivity (Wildman–Crippen MR) is 121 cm³/mol. The van der Waals surface area contributed by atoms with Crippen molar-refractivity contribution < 1.29 is 19.0 Å². The number of anilines is 2. The van der Waals surface area contributed by atoms with Crippen molar-refractivity contribution in [1.82, 2.24) is 0 Å². The van der Waals surface area contributed by atoms with Gasteiger partial charge in [0.05, 0.1) is 25.5 Å². The summed E-state index contributed by atoms with van der Waals surface area (Å²) in [5.74, 6) is 1.84. The molecule has 0 radical (unpaired) electrons. The fourth-order valence-corrected chi connectivity index (χ4v) is 3.42. The average molecular weight is 418 g/mol. The van der Waals surface area contributed by atoms with E-state index >= 15 is 0 Å². The van der Waals surface area contributed by atoms with E-state index in [9.17, 15) is 4.79 Å². The first-order chi connectivity index (χ1) is 15.2. The molecule has 1 atom stereocenters. The van der Waals surface area contributed by atoms with Gasteiger partial charge < -0.3 is 24.8 Å². The van der Waals surface area contributed by atoms with Gasteiger partial charge in [0.25, 0.3) is 5.91 Å². The Kier molecular flexibility index (Phi) is 6.57. The minimum atomic E-state index is -0.611. The van der Waals surface area contributed by atoms with Crippen LogP contribution in [-0.4, -0.2) is 25.7 Å². The van der Waals surface area contributed by atoms with E-state index in [4.69, 9.17) is 14.2 Å². The number of carbonyl (C=O) groups is 1. The average Bonchev–Trinajstić information content (AvgIpc) is 3.04. The maximum Gasteiger partial charge on any atom is 0.251 e. The SMILES string of the molecule is CCOc1ccccc1NC(=O)C(Nc1ccc2c(c1)OCCCO2)c1ccccc1. The van der Waals surface area contributed by atoms with Crippen molar-refractivity contribution in [1.29, 1.82) is 0 Å². The lowest BCUT2D eigenvalue weighted by Crippen LogP contribution is -2.27. The zero-order valence-electron chi connectivity index (χ0n) is 17.5. The van der Waals surface area contributed by atoms with Crippen LogP contribution in [0.2, 0.25) is 0 Å². The third-order valence-electron chi connectivity index (χ3n) is 4.90. The molecule has 0 spiro atoms. The highest BCUT2D eigenvalue weighted by Crippen LogP contribution is 2.34. The Morgan fingerprint density at radius 3 is 2.52 bits per heavy atom. The van der Waals surface area contributed by atoms with Gasteiger partial charge in [-0.25, -0.2) is 0 Å². The van der Waals surface area contributed by atoms with Crippen LogP contribution in [0.4, 0.5) is 11.4 Å². The molecule has 1 amide bonds. The molecule has 0 aromatic heterocycles. The molecule has 1 unspecified atom stereocenters. The van der Waals surface area contributed by atoms with Gasteiger partial charge in [-0.15, -0.1) is 0 Å². The highest BCUT2D eigenvalue weighted by molar-refractivity contribution is 5.98. The van der Waals surface area contributed by atoms with Crippen molar-refractivity contribution in [2.45, 2.75) is 19.4 Å². The minimum Gasteiger partial charge on any atom is -0.492 e. The molecule has 2 N–H and O–H groups in total. The largest absolute Gasteiger partial charge is 0.492 e. The van der Waals surface area contributed by atoms with E-state index < -0.39 is 6.04 Å². The quantitative estimate of drug-likeness (QED) is 0.563. The van der Waals surface area contributed by atoms with Gasteiger partial charge in [-0.1, -0.05) is 42.5 Å². The van der Waals surface area contributed by atoms with E-state index in [1.54, 1.807) is 0 Å². The van der Waals surface area contributed by atoms with Gasteiger partial charge in [0.15, 0.2) is 11.5 Å². The van der Waals surface area contributed by atoms with Gasteiger partial charge in [0.1, 0.15) is 11.8 Å². The molecular weight excluding hydrogens is 392 g/mol. The van der Waals surface area contributed by atoms with Crippen molar-refractivity contribution >= 4 is 17.3 Å². The molecule has 0 saturated heterocycles. The summed E-state index contributed by atoms with van der Waals surface area (Å²) in [6.07, 6.45) is 0.839. The van der Waals surface area contributed by atoms with Crippen LogP contribution in [0.3, 0.4) is 0 Å². The molecule has 0 aliphatic carbocycles. The summed E-state index contributed by atoms with van der Waals surface area (Å²) in [5.41, 5.74) is 2.25. The van der Waals surface area contributed by atoms with Crippen molar-refractivity contribution in [2.75, 3.05) is 30.5 Å². The second-order valence-corrected chi connectivity index (χ2v) is 7.12. The molecule has 0 saturated carbocycles. The summed E-state index contributed by atoms with van der Waals surface area (Å²) in [5, 5.41) is 6.35. The number of rotatable bonds is 7. The fraction of sp³-hybridized carbons (Fsp3) is 0.240. The lowest BCUT2D eigenvalue weighted by Gasteiger charge is -2.21. The van der Waals surface area contributed by atoms with Gasteiger partial charge in [0, 0.05) is 18.2 Å². The lowest BCUT2D eigenvalue weighted by atomic mass is 10.1. The number of carbonyl (C=O) groups excluding carboxylic acids is 1. The number of nitrogens with one attached hydrogen (secondary N) is 2. The molecule has 4 rings (SSSR count). The third kappa shape index (κ3) is 5.09. The molecule has 6 nitrogen and oxygen atoms in total. The molecule has 1 aliphatic heterocycles. The van der Waals surface area contributed by atoms with Crippen LogP contribution in [0.15, 0.2) is 72.8 Å². The summed E-state index contributed by atoms with van der Waals surface area (Å²) in [4.78, 5) is 13.3. The predicted octanol–water partition coefficient (Wildman–Crippen LogP) is 5.04. The minimum absolute atomic E-state index is 0.189. The first-order valence-corrected chi connectivity index (χ1v) is 10.5. The van der Waals surface area contributed by atoms with E-state index in [1.165, 1.54) is 0 Å². The zero-order valence-corrected chi connectivity index (χ0v) is 17.5. The third-order valence-corrected chi connectivity index (χ3v) is 4.90. The molecule has 6 heteroatoms. The summed E-state index contributed by atoms with van der Waals surface area (Å²) < 4.78 is 17.2. The van der Waals surface area contributed by atoms with E-state index in [1.807, 2.05) is 79.7 Å². The highest BCUT2D eigenvalue weighted by Gasteiger charge is 2.22. The molecule has 160 valence electrons. The number of amides is 1. The van der Waals surface area contributed by atoms with Gasteiger partial charge in [0.2, 0.25) is 0 Å². The van der Waals surface area contributed by atoms with Crippen LogP contribution in [0.25, 0.3) is 0 Å². The van der Waals surface area contributed by atoms with Crippen LogP contribution in [0.5, 0.6) is 17.2 Å². The van der Waals surface area contributed by atoms with Crippen LogP contribution in [-0.2, 0) is 4.79 Å². The van der Waals surface area contributed by atoms with Crippen LogP contribution >= 0.6 is 0 Å². The Labute approximate surface area is 182 Å². The number of fused-ring (bicyclic) bond motifs is 1. The second-order valence-electron chi connectivity index (χ2n) is 7.12. The number of hydrogen-bond donors (Lipinski definition) is 2. The molecule has 0 bridgehead atoms. The molecule has 31 heavy (non-hydrogen) atoms. The first-order valence-electron chi connectivity index (χ1n) is 10.5. The standard InChI is InChI=1S/C25H26N2O4/c1-2-29-21-12-7-6-11-20(21)27-25(28)24(18-9-4-3-5-10-18)26-19-13-14-22-23(17-19)31-16-8-15-30-22/h3-7,9-14,17,24,26H,2,8,15-16H2,1H3,(H,27,28). The summed E-state index contributed by atoms with van der Waals surface area (Å²) in [7, 11) is 0. The fourth-order valence-electron chi connectivity index (χ4n) is 3.42. The van der Waals surface area contributed by atoms with Gasteiger partial charge in [-0.05, 0) is 36.8 Å². The zero-order chi connectivity index (χ0) is 21.5.